The first-order valence-electron chi connectivity index (χ1n) is 6.43. The number of thiophene rings is 1. The van der Waals surface area contributed by atoms with Crippen LogP contribution in [0.3, 0.4) is 0 Å². The molecule has 1 aromatic heterocycles. The average Bonchev–Trinajstić information content (AvgIpc) is 2.77. The number of aryl methyl sites for hydroxylation is 2. The number of rotatable bonds is 1. The lowest BCUT2D eigenvalue weighted by atomic mass is 9.98. The van der Waals surface area contributed by atoms with Crippen molar-refractivity contribution in [3.63, 3.8) is 0 Å². The first-order valence-corrected chi connectivity index (χ1v) is 8.83. The highest BCUT2D eigenvalue weighted by molar-refractivity contribution is 9.12. The van der Waals surface area contributed by atoms with Crippen LogP contribution in [0.15, 0.2) is 31.8 Å². The summed E-state index contributed by atoms with van der Waals surface area (Å²) in [6, 6.07) is 8.16. The molecule has 1 aromatic carbocycles. The normalized spacial score (nSPS) is 14.2. The van der Waals surface area contributed by atoms with Crippen LogP contribution in [0.4, 0.5) is 5.69 Å². The highest BCUT2D eigenvalue weighted by Gasteiger charge is 2.27. The summed E-state index contributed by atoms with van der Waals surface area (Å²) in [6.45, 7) is 2.86. The minimum absolute atomic E-state index is 0.0778. The van der Waals surface area contributed by atoms with Crippen molar-refractivity contribution < 1.29 is 4.79 Å². The molecule has 1 aliphatic rings. The van der Waals surface area contributed by atoms with Crippen LogP contribution in [-0.4, -0.2) is 12.5 Å². The van der Waals surface area contributed by atoms with E-state index in [1.807, 2.05) is 11.0 Å². The van der Waals surface area contributed by atoms with E-state index in [1.165, 1.54) is 22.5 Å². The summed E-state index contributed by atoms with van der Waals surface area (Å²) in [4.78, 5) is 14.8. The number of nitrogens with zero attached hydrogens (tertiary/aromatic N) is 1. The van der Waals surface area contributed by atoms with Crippen LogP contribution in [0.1, 0.15) is 27.9 Å². The second-order valence-corrected chi connectivity index (χ2v) is 8.63. The zero-order chi connectivity index (χ0) is 14.3. The van der Waals surface area contributed by atoms with E-state index in [0.717, 1.165) is 38.2 Å². The molecule has 1 aliphatic heterocycles. The van der Waals surface area contributed by atoms with E-state index in [4.69, 9.17) is 0 Å². The van der Waals surface area contributed by atoms with E-state index >= 15 is 0 Å². The van der Waals surface area contributed by atoms with E-state index in [1.54, 1.807) is 0 Å². The van der Waals surface area contributed by atoms with Crippen molar-refractivity contribution in [3.8, 4) is 0 Å². The van der Waals surface area contributed by atoms with Gasteiger partial charge in [0.25, 0.3) is 5.91 Å². The van der Waals surface area contributed by atoms with Crippen molar-refractivity contribution in [2.75, 3.05) is 11.4 Å². The van der Waals surface area contributed by atoms with Crippen LogP contribution in [-0.2, 0) is 6.42 Å². The Balaban J connectivity index is 2.05. The fourth-order valence-electron chi connectivity index (χ4n) is 2.68. The standard InChI is InChI=1S/C15H13Br2NOS/c1-9-4-2-5-10-6-3-7-18(13(9)10)15(19)11-8-12(16)20-14(11)17/h2,4-5,8H,3,6-7H2,1H3. The third-order valence-corrected chi connectivity index (χ3v) is 5.89. The molecule has 0 aliphatic carbocycles. The van der Waals surface area contributed by atoms with E-state index in [0.29, 0.717) is 0 Å². The number of benzene rings is 1. The SMILES string of the molecule is Cc1cccc2c1N(C(=O)c1cc(Br)sc1Br)CCC2. The predicted molar refractivity (Wildman–Crippen MR) is 90.9 cm³/mol. The quantitative estimate of drug-likeness (QED) is 0.629. The molecule has 104 valence electrons. The lowest BCUT2D eigenvalue weighted by Gasteiger charge is -2.31. The van der Waals surface area contributed by atoms with E-state index < -0.39 is 0 Å². The number of carbonyl (C=O) groups excluding carboxylic acids is 1. The molecule has 1 amide bonds. The van der Waals surface area contributed by atoms with Crippen LogP contribution in [0, 0.1) is 6.92 Å². The molecule has 0 atom stereocenters. The number of anilines is 1. The molecule has 2 nitrogen and oxygen atoms in total. The molecule has 0 spiro atoms. The number of amides is 1. The molecule has 0 saturated carbocycles. The number of hydrogen-bond donors (Lipinski definition) is 0. The molecule has 0 bridgehead atoms. The molecular formula is C15H13Br2NOS. The van der Waals surface area contributed by atoms with Gasteiger partial charge in [-0.15, -0.1) is 11.3 Å². The van der Waals surface area contributed by atoms with Gasteiger partial charge in [-0.3, -0.25) is 4.79 Å². The Labute approximate surface area is 139 Å². The molecule has 0 saturated heterocycles. The predicted octanol–water partition coefficient (Wildman–Crippen LogP) is 5.17. The Morgan fingerprint density at radius 3 is 2.85 bits per heavy atom. The van der Waals surface area contributed by atoms with Gasteiger partial charge in [0, 0.05) is 6.54 Å². The number of hydrogen-bond acceptors (Lipinski definition) is 2. The van der Waals surface area contributed by atoms with Crippen LogP contribution in [0.25, 0.3) is 0 Å². The summed E-state index contributed by atoms with van der Waals surface area (Å²) < 4.78 is 1.85. The topological polar surface area (TPSA) is 20.3 Å². The summed E-state index contributed by atoms with van der Waals surface area (Å²) in [5, 5.41) is 0. The third-order valence-electron chi connectivity index (χ3n) is 3.55. The van der Waals surface area contributed by atoms with Crippen molar-refractivity contribution in [1.29, 1.82) is 0 Å². The lowest BCUT2D eigenvalue weighted by Crippen LogP contribution is -2.36. The Morgan fingerprint density at radius 1 is 1.35 bits per heavy atom. The average molecular weight is 415 g/mol. The van der Waals surface area contributed by atoms with Crippen LogP contribution in [0.5, 0.6) is 0 Å². The van der Waals surface area contributed by atoms with Gasteiger partial charge in [-0.2, -0.15) is 0 Å². The molecule has 0 unspecified atom stereocenters. The van der Waals surface area contributed by atoms with E-state index in [-0.39, 0.29) is 5.91 Å². The van der Waals surface area contributed by atoms with Gasteiger partial charge in [-0.25, -0.2) is 0 Å². The summed E-state index contributed by atoms with van der Waals surface area (Å²) >= 11 is 8.46. The van der Waals surface area contributed by atoms with Crippen LogP contribution >= 0.6 is 43.2 Å². The van der Waals surface area contributed by atoms with Crippen molar-refractivity contribution in [2.45, 2.75) is 19.8 Å². The highest BCUT2D eigenvalue weighted by Crippen LogP contribution is 2.36. The van der Waals surface area contributed by atoms with Gasteiger partial charge in [-0.1, -0.05) is 18.2 Å². The zero-order valence-corrected chi connectivity index (χ0v) is 14.9. The molecule has 2 heterocycles. The van der Waals surface area contributed by atoms with Gasteiger partial charge in [0.05, 0.1) is 18.8 Å². The van der Waals surface area contributed by atoms with Crippen LogP contribution < -0.4 is 4.90 Å². The second kappa shape index (κ2) is 5.62. The summed E-state index contributed by atoms with van der Waals surface area (Å²) in [5.74, 6) is 0.0778. The molecule has 20 heavy (non-hydrogen) atoms. The fourth-order valence-corrected chi connectivity index (χ4v) is 5.46. The first-order chi connectivity index (χ1) is 9.58. The monoisotopic (exact) mass is 413 g/mol. The molecule has 0 radical (unpaired) electrons. The van der Waals surface area contributed by atoms with Crippen molar-refractivity contribution in [3.05, 3.63) is 48.5 Å². The van der Waals surface area contributed by atoms with Crippen molar-refractivity contribution in [1.82, 2.24) is 0 Å². The zero-order valence-electron chi connectivity index (χ0n) is 11.0. The van der Waals surface area contributed by atoms with E-state index in [2.05, 4.69) is 57.0 Å². The third kappa shape index (κ3) is 2.47. The summed E-state index contributed by atoms with van der Waals surface area (Å²) in [7, 11) is 0. The van der Waals surface area contributed by atoms with Gasteiger partial charge in [-0.05, 0) is 68.8 Å². The molecule has 0 N–H and O–H groups in total. The minimum Gasteiger partial charge on any atom is -0.308 e. The largest absolute Gasteiger partial charge is 0.308 e. The van der Waals surface area contributed by atoms with E-state index in [9.17, 15) is 4.79 Å². The smallest absolute Gasteiger partial charge is 0.260 e. The van der Waals surface area contributed by atoms with Gasteiger partial charge in [0.2, 0.25) is 0 Å². The summed E-state index contributed by atoms with van der Waals surface area (Å²) in [5.41, 5.74) is 4.27. The Morgan fingerprint density at radius 2 is 2.15 bits per heavy atom. The Hall–Kier alpha value is -0.650. The first kappa shape index (κ1) is 14.3. The fraction of sp³-hybridized carbons (Fsp3) is 0.267. The second-order valence-electron chi connectivity index (χ2n) is 4.88. The lowest BCUT2D eigenvalue weighted by molar-refractivity contribution is 0.0984. The van der Waals surface area contributed by atoms with Crippen molar-refractivity contribution in [2.24, 2.45) is 0 Å². The molecular weight excluding hydrogens is 402 g/mol. The van der Waals surface area contributed by atoms with Gasteiger partial charge < -0.3 is 4.90 Å². The number of halogens is 2. The Bertz CT molecular complexity index is 681. The number of carbonyl (C=O) groups is 1. The van der Waals surface area contributed by atoms with Crippen LogP contribution in [0.2, 0.25) is 0 Å². The maximum Gasteiger partial charge on any atom is 0.260 e. The minimum atomic E-state index is 0.0778. The molecule has 5 heteroatoms. The summed E-state index contributed by atoms with van der Waals surface area (Å²) in [6.07, 6.45) is 2.07. The van der Waals surface area contributed by atoms with Crippen molar-refractivity contribution >= 4 is 54.8 Å². The van der Waals surface area contributed by atoms with Gasteiger partial charge in [0.15, 0.2) is 0 Å². The molecule has 0 fully saturated rings. The Kier molecular flexibility index (Phi) is 4.02. The maximum atomic E-state index is 12.8. The maximum absolute atomic E-state index is 12.8. The molecule has 2 aromatic rings. The van der Waals surface area contributed by atoms with Gasteiger partial charge >= 0.3 is 0 Å². The highest BCUT2D eigenvalue weighted by atomic mass is 79.9. The number of fused-ring (bicyclic) bond motifs is 1. The van der Waals surface area contributed by atoms with Gasteiger partial charge in [0.1, 0.15) is 0 Å². The number of para-hydroxylation sites is 1. The molecule has 3 rings (SSSR count).